The van der Waals surface area contributed by atoms with Crippen molar-refractivity contribution in [1.82, 2.24) is 5.32 Å². The summed E-state index contributed by atoms with van der Waals surface area (Å²) in [5.74, 6) is 2.00. The van der Waals surface area contributed by atoms with Crippen LogP contribution in [0.3, 0.4) is 0 Å². The van der Waals surface area contributed by atoms with Gasteiger partial charge in [0, 0.05) is 16.7 Å². The molecule has 16 heavy (non-hydrogen) atoms. The Kier molecular flexibility index (Phi) is 4.05. The Hall–Kier alpha value is -0.320. The summed E-state index contributed by atoms with van der Waals surface area (Å²) >= 11 is 12.0. The number of amides is 1. The normalized spacial score (nSPS) is 19.8. The van der Waals surface area contributed by atoms with Gasteiger partial charge in [-0.25, -0.2) is 0 Å². The molecule has 0 aromatic heterocycles. The van der Waals surface area contributed by atoms with Crippen molar-refractivity contribution >= 4 is 41.9 Å². The van der Waals surface area contributed by atoms with Crippen molar-refractivity contribution in [3.05, 3.63) is 28.8 Å². The van der Waals surface area contributed by atoms with Crippen LogP contribution in [0.4, 0.5) is 0 Å². The molecule has 1 atom stereocenters. The first-order chi connectivity index (χ1) is 7.66. The van der Waals surface area contributed by atoms with E-state index in [0.29, 0.717) is 10.6 Å². The van der Waals surface area contributed by atoms with Gasteiger partial charge in [0.05, 0.1) is 10.6 Å². The summed E-state index contributed by atoms with van der Waals surface area (Å²) in [5.41, 5.74) is 0.506. The lowest BCUT2D eigenvalue weighted by Crippen LogP contribution is -2.34. The minimum Gasteiger partial charge on any atom is -0.348 e. The molecule has 0 radical (unpaired) electrons. The van der Waals surface area contributed by atoms with E-state index in [1.807, 2.05) is 11.8 Å². The molecule has 1 aliphatic rings. The molecule has 2 rings (SSSR count). The number of benzene rings is 1. The zero-order chi connectivity index (χ0) is 11.5. The van der Waals surface area contributed by atoms with Crippen LogP contribution in [0, 0.1) is 0 Å². The predicted molar refractivity (Wildman–Crippen MR) is 71.9 cm³/mol. The summed E-state index contributed by atoms with van der Waals surface area (Å²) in [6.45, 7) is 0. The number of halogens is 1. The summed E-state index contributed by atoms with van der Waals surface area (Å²) in [6, 6.07) is 5.44. The number of hydrogen-bond donors (Lipinski definition) is 2. The molecule has 1 fully saturated rings. The molecule has 86 valence electrons. The standard InChI is InChI=1S/C11H12ClNOS2/c12-10-2-1-8(15)5-9(10)11(14)13-7-3-4-16-6-7/h1-2,5,7,15H,3-4,6H2,(H,13,14). The van der Waals surface area contributed by atoms with Crippen molar-refractivity contribution < 1.29 is 4.79 Å². The lowest BCUT2D eigenvalue weighted by molar-refractivity contribution is 0.0941. The molecule has 1 saturated heterocycles. The lowest BCUT2D eigenvalue weighted by atomic mass is 10.2. The second-order valence-electron chi connectivity index (χ2n) is 3.70. The van der Waals surface area contributed by atoms with Crippen LogP contribution in [0.15, 0.2) is 23.1 Å². The molecule has 1 unspecified atom stereocenters. The highest BCUT2D eigenvalue weighted by Gasteiger charge is 2.19. The molecule has 0 saturated carbocycles. The van der Waals surface area contributed by atoms with Crippen molar-refractivity contribution in [3.63, 3.8) is 0 Å². The molecule has 5 heteroatoms. The Balaban J connectivity index is 2.10. The molecule has 1 N–H and O–H groups in total. The molecule has 0 aliphatic carbocycles. The number of thioether (sulfide) groups is 1. The van der Waals surface area contributed by atoms with Gasteiger partial charge in [-0.1, -0.05) is 11.6 Å². The predicted octanol–water partition coefficient (Wildman–Crippen LogP) is 2.86. The van der Waals surface area contributed by atoms with Crippen LogP contribution in [0.1, 0.15) is 16.8 Å². The fourth-order valence-electron chi connectivity index (χ4n) is 1.60. The minimum atomic E-state index is -0.103. The number of carbonyl (C=O) groups excluding carboxylic acids is 1. The number of thiol groups is 1. The highest BCUT2D eigenvalue weighted by molar-refractivity contribution is 7.99. The second-order valence-corrected chi connectivity index (χ2v) is 5.77. The van der Waals surface area contributed by atoms with Crippen LogP contribution in [0.5, 0.6) is 0 Å². The average Bonchev–Trinajstić information content (AvgIpc) is 2.74. The molecular formula is C11H12ClNOS2. The number of nitrogens with one attached hydrogen (secondary N) is 1. The van der Waals surface area contributed by atoms with E-state index in [9.17, 15) is 4.79 Å². The summed E-state index contributed by atoms with van der Waals surface area (Å²) < 4.78 is 0. The van der Waals surface area contributed by atoms with Gasteiger partial charge >= 0.3 is 0 Å². The largest absolute Gasteiger partial charge is 0.348 e. The third-order valence-corrected chi connectivity index (χ3v) is 4.23. The maximum absolute atomic E-state index is 11.9. The molecule has 1 aliphatic heterocycles. The van der Waals surface area contributed by atoms with Gasteiger partial charge in [-0.2, -0.15) is 11.8 Å². The first-order valence-electron chi connectivity index (χ1n) is 5.04. The van der Waals surface area contributed by atoms with E-state index in [2.05, 4.69) is 17.9 Å². The number of hydrogen-bond acceptors (Lipinski definition) is 3. The quantitative estimate of drug-likeness (QED) is 0.812. The highest BCUT2D eigenvalue weighted by Crippen LogP contribution is 2.21. The second kappa shape index (κ2) is 5.34. The summed E-state index contributed by atoms with van der Waals surface area (Å²) in [5, 5.41) is 3.46. The van der Waals surface area contributed by atoms with E-state index in [0.717, 1.165) is 22.8 Å². The van der Waals surface area contributed by atoms with Gasteiger partial charge in [-0.05, 0) is 30.4 Å². The molecule has 1 aromatic rings. The van der Waals surface area contributed by atoms with E-state index in [4.69, 9.17) is 11.6 Å². The van der Waals surface area contributed by atoms with Crippen molar-refractivity contribution in [2.75, 3.05) is 11.5 Å². The van der Waals surface area contributed by atoms with E-state index >= 15 is 0 Å². The smallest absolute Gasteiger partial charge is 0.253 e. The van der Waals surface area contributed by atoms with Crippen LogP contribution < -0.4 is 5.32 Å². The SMILES string of the molecule is O=C(NC1CCSC1)c1cc(S)ccc1Cl. The third kappa shape index (κ3) is 2.87. The molecule has 2 nitrogen and oxygen atoms in total. The Morgan fingerprint density at radius 3 is 3.06 bits per heavy atom. The molecule has 1 aromatic carbocycles. The van der Waals surface area contributed by atoms with Crippen molar-refractivity contribution in [1.29, 1.82) is 0 Å². The zero-order valence-electron chi connectivity index (χ0n) is 8.57. The van der Waals surface area contributed by atoms with Crippen LogP contribution >= 0.6 is 36.0 Å². The summed E-state index contributed by atoms with van der Waals surface area (Å²) in [7, 11) is 0. The zero-order valence-corrected chi connectivity index (χ0v) is 11.0. The van der Waals surface area contributed by atoms with E-state index in [-0.39, 0.29) is 11.9 Å². The summed E-state index contributed by atoms with van der Waals surface area (Å²) in [4.78, 5) is 12.7. The van der Waals surface area contributed by atoms with E-state index in [1.54, 1.807) is 18.2 Å². The van der Waals surface area contributed by atoms with Gasteiger partial charge in [0.25, 0.3) is 5.91 Å². The van der Waals surface area contributed by atoms with Crippen LogP contribution in [0.25, 0.3) is 0 Å². The highest BCUT2D eigenvalue weighted by atomic mass is 35.5. The fourth-order valence-corrected chi connectivity index (χ4v) is 3.16. The van der Waals surface area contributed by atoms with Gasteiger partial charge in [0.2, 0.25) is 0 Å². The summed E-state index contributed by atoms with van der Waals surface area (Å²) in [6.07, 6.45) is 1.04. The first-order valence-corrected chi connectivity index (χ1v) is 7.02. The Morgan fingerprint density at radius 2 is 2.38 bits per heavy atom. The van der Waals surface area contributed by atoms with Crippen LogP contribution in [-0.4, -0.2) is 23.5 Å². The average molecular weight is 274 g/mol. The van der Waals surface area contributed by atoms with Gasteiger partial charge in [0.15, 0.2) is 0 Å². The number of carbonyl (C=O) groups is 1. The Bertz CT molecular complexity index is 405. The van der Waals surface area contributed by atoms with Gasteiger partial charge in [-0.15, -0.1) is 12.6 Å². The minimum absolute atomic E-state index is 0.103. The molecule has 1 heterocycles. The lowest BCUT2D eigenvalue weighted by Gasteiger charge is -2.12. The topological polar surface area (TPSA) is 29.1 Å². The molecule has 0 bridgehead atoms. The Morgan fingerprint density at radius 1 is 1.56 bits per heavy atom. The Labute approximate surface area is 110 Å². The van der Waals surface area contributed by atoms with E-state index in [1.165, 1.54) is 0 Å². The molecule has 0 spiro atoms. The maximum atomic E-state index is 11.9. The van der Waals surface area contributed by atoms with Crippen molar-refractivity contribution in [2.45, 2.75) is 17.4 Å². The van der Waals surface area contributed by atoms with Gasteiger partial charge in [0.1, 0.15) is 0 Å². The molecule has 1 amide bonds. The van der Waals surface area contributed by atoms with Crippen LogP contribution in [-0.2, 0) is 0 Å². The van der Waals surface area contributed by atoms with E-state index < -0.39 is 0 Å². The number of rotatable bonds is 2. The van der Waals surface area contributed by atoms with Crippen molar-refractivity contribution in [2.24, 2.45) is 0 Å². The van der Waals surface area contributed by atoms with Crippen molar-refractivity contribution in [3.8, 4) is 0 Å². The first kappa shape index (κ1) is 12.1. The van der Waals surface area contributed by atoms with Crippen LogP contribution in [0.2, 0.25) is 5.02 Å². The fraction of sp³-hybridized carbons (Fsp3) is 0.364. The molecular weight excluding hydrogens is 262 g/mol. The van der Waals surface area contributed by atoms with Gasteiger partial charge < -0.3 is 5.32 Å². The van der Waals surface area contributed by atoms with Gasteiger partial charge in [-0.3, -0.25) is 4.79 Å². The third-order valence-electron chi connectivity index (χ3n) is 2.46. The maximum Gasteiger partial charge on any atom is 0.253 e. The monoisotopic (exact) mass is 273 g/mol.